The fraction of sp³-hybridized carbons (Fsp3) is 0.0909. The van der Waals surface area contributed by atoms with Crippen LogP contribution in [0.1, 0.15) is 5.56 Å². The number of nitrogens with zero attached hydrogens (tertiary/aromatic N) is 1. The lowest BCUT2D eigenvalue weighted by Crippen LogP contribution is -2.08. The van der Waals surface area contributed by atoms with Crippen LogP contribution in [0.15, 0.2) is 41.5 Å². The van der Waals surface area contributed by atoms with Crippen molar-refractivity contribution in [3.63, 3.8) is 0 Å². The predicted octanol–water partition coefficient (Wildman–Crippen LogP) is 1.09. The molecule has 2 rings (SSSR count). The summed E-state index contributed by atoms with van der Waals surface area (Å²) >= 11 is 0. The summed E-state index contributed by atoms with van der Waals surface area (Å²) in [5, 5.41) is 12.1. The highest BCUT2D eigenvalue weighted by Crippen LogP contribution is 2.10. The van der Waals surface area contributed by atoms with E-state index in [-0.39, 0.29) is 11.3 Å². The van der Waals surface area contributed by atoms with Crippen LogP contribution in [0.3, 0.4) is 0 Å². The number of rotatable bonds is 3. The summed E-state index contributed by atoms with van der Waals surface area (Å²) < 4.78 is 0. The number of anilines is 1. The summed E-state index contributed by atoms with van der Waals surface area (Å²) in [5.74, 6) is 0.759. The maximum atomic E-state index is 11.0. The molecule has 82 valence electrons. The normalized spacial score (nSPS) is 10.0. The molecule has 0 unspecified atom stereocenters. The summed E-state index contributed by atoms with van der Waals surface area (Å²) in [6, 6.07) is 8.22. The Labute approximate surface area is 91.8 Å². The quantitative estimate of drug-likeness (QED) is 0.719. The SMILES string of the molecule is O=c1cc(NCc2ccc(O)cc2)nc[nH]1. The van der Waals surface area contributed by atoms with E-state index in [0.717, 1.165) is 5.56 Å². The van der Waals surface area contributed by atoms with Crippen LogP contribution >= 0.6 is 0 Å². The molecule has 0 aliphatic heterocycles. The van der Waals surface area contributed by atoms with Crippen LogP contribution in [0, 0.1) is 0 Å². The Hall–Kier alpha value is -2.30. The maximum absolute atomic E-state index is 11.0. The van der Waals surface area contributed by atoms with Gasteiger partial charge in [0.15, 0.2) is 0 Å². The van der Waals surface area contributed by atoms with Crippen molar-refractivity contribution in [3.05, 3.63) is 52.6 Å². The molecule has 0 aliphatic carbocycles. The van der Waals surface area contributed by atoms with Crippen LogP contribution in [0.5, 0.6) is 5.75 Å². The van der Waals surface area contributed by atoms with Gasteiger partial charge in [-0.3, -0.25) is 4.79 Å². The number of phenols is 1. The lowest BCUT2D eigenvalue weighted by Gasteiger charge is -2.04. The zero-order chi connectivity index (χ0) is 11.4. The average Bonchev–Trinajstić information content (AvgIpc) is 2.28. The van der Waals surface area contributed by atoms with Crippen LogP contribution in [0.4, 0.5) is 5.82 Å². The fourth-order valence-corrected chi connectivity index (χ4v) is 1.27. The standard InChI is InChI=1S/C11H11N3O2/c15-9-3-1-8(2-4-9)6-12-10-5-11(16)14-7-13-10/h1-5,7,15H,6H2,(H2,12,13,14,16). The summed E-state index contributed by atoms with van der Waals surface area (Å²) in [4.78, 5) is 17.4. The number of hydrogen-bond donors (Lipinski definition) is 3. The van der Waals surface area contributed by atoms with Crippen LogP contribution in [-0.2, 0) is 6.54 Å². The van der Waals surface area contributed by atoms with Crippen molar-refractivity contribution in [1.29, 1.82) is 0 Å². The van der Waals surface area contributed by atoms with Gasteiger partial charge in [-0.1, -0.05) is 12.1 Å². The van der Waals surface area contributed by atoms with Crippen LogP contribution in [0.25, 0.3) is 0 Å². The second-order valence-electron chi connectivity index (χ2n) is 3.32. The van der Waals surface area contributed by atoms with Crippen molar-refractivity contribution in [2.45, 2.75) is 6.54 Å². The van der Waals surface area contributed by atoms with E-state index in [1.54, 1.807) is 24.3 Å². The number of benzene rings is 1. The number of aromatic amines is 1. The van der Waals surface area contributed by atoms with E-state index in [1.165, 1.54) is 12.4 Å². The van der Waals surface area contributed by atoms with Gasteiger partial charge in [0.05, 0.1) is 6.33 Å². The average molecular weight is 217 g/mol. The molecule has 5 heteroatoms. The lowest BCUT2D eigenvalue weighted by molar-refractivity contribution is 0.475. The Morgan fingerprint density at radius 3 is 2.75 bits per heavy atom. The van der Waals surface area contributed by atoms with E-state index in [0.29, 0.717) is 12.4 Å². The zero-order valence-electron chi connectivity index (χ0n) is 8.47. The van der Waals surface area contributed by atoms with Crippen molar-refractivity contribution in [1.82, 2.24) is 9.97 Å². The maximum Gasteiger partial charge on any atom is 0.252 e. The van der Waals surface area contributed by atoms with Gasteiger partial charge in [0.1, 0.15) is 11.6 Å². The predicted molar refractivity (Wildman–Crippen MR) is 60.3 cm³/mol. The van der Waals surface area contributed by atoms with Gasteiger partial charge in [0, 0.05) is 12.6 Å². The van der Waals surface area contributed by atoms with Crippen molar-refractivity contribution in [3.8, 4) is 5.75 Å². The summed E-state index contributed by atoms with van der Waals surface area (Å²) in [6.07, 6.45) is 1.35. The first-order valence-electron chi connectivity index (χ1n) is 4.80. The lowest BCUT2D eigenvalue weighted by atomic mass is 10.2. The molecule has 0 spiro atoms. The van der Waals surface area contributed by atoms with E-state index in [9.17, 15) is 4.79 Å². The molecule has 5 nitrogen and oxygen atoms in total. The molecule has 0 saturated heterocycles. The minimum atomic E-state index is -0.191. The van der Waals surface area contributed by atoms with Gasteiger partial charge >= 0.3 is 0 Å². The molecule has 0 amide bonds. The van der Waals surface area contributed by atoms with E-state index < -0.39 is 0 Å². The molecule has 0 fully saturated rings. The first-order valence-corrected chi connectivity index (χ1v) is 4.80. The van der Waals surface area contributed by atoms with Crippen LogP contribution < -0.4 is 10.9 Å². The molecule has 0 bridgehead atoms. The Morgan fingerprint density at radius 2 is 2.06 bits per heavy atom. The number of phenolic OH excluding ortho intramolecular Hbond substituents is 1. The van der Waals surface area contributed by atoms with E-state index in [2.05, 4.69) is 15.3 Å². The second kappa shape index (κ2) is 4.48. The fourth-order valence-electron chi connectivity index (χ4n) is 1.27. The molecule has 2 aromatic rings. The first-order chi connectivity index (χ1) is 7.74. The third-order valence-electron chi connectivity index (χ3n) is 2.09. The Kier molecular flexibility index (Phi) is 2.86. The van der Waals surface area contributed by atoms with E-state index in [4.69, 9.17) is 5.11 Å². The van der Waals surface area contributed by atoms with Crippen molar-refractivity contribution >= 4 is 5.82 Å². The third kappa shape index (κ3) is 2.60. The highest BCUT2D eigenvalue weighted by molar-refractivity contribution is 5.34. The highest BCUT2D eigenvalue weighted by Gasteiger charge is 1.96. The minimum absolute atomic E-state index is 0.191. The van der Waals surface area contributed by atoms with Gasteiger partial charge in [-0.2, -0.15) is 0 Å². The smallest absolute Gasteiger partial charge is 0.252 e. The van der Waals surface area contributed by atoms with Gasteiger partial charge in [0.25, 0.3) is 5.56 Å². The molecule has 1 aromatic carbocycles. The van der Waals surface area contributed by atoms with Crippen molar-refractivity contribution < 1.29 is 5.11 Å². The number of hydrogen-bond acceptors (Lipinski definition) is 4. The zero-order valence-corrected chi connectivity index (χ0v) is 8.47. The van der Waals surface area contributed by atoms with Gasteiger partial charge in [-0.05, 0) is 17.7 Å². The molecule has 1 heterocycles. The summed E-state index contributed by atoms with van der Waals surface area (Å²) in [5.41, 5.74) is 0.808. The number of aromatic nitrogens is 2. The van der Waals surface area contributed by atoms with Gasteiger partial charge in [0.2, 0.25) is 0 Å². The van der Waals surface area contributed by atoms with Crippen molar-refractivity contribution in [2.24, 2.45) is 0 Å². The summed E-state index contributed by atoms with van der Waals surface area (Å²) in [7, 11) is 0. The second-order valence-corrected chi connectivity index (χ2v) is 3.32. The number of aromatic hydroxyl groups is 1. The molecular formula is C11H11N3O2. The monoisotopic (exact) mass is 217 g/mol. The Bertz CT molecular complexity index is 519. The molecular weight excluding hydrogens is 206 g/mol. The summed E-state index contributed by atoms with van der Waals surface area (Å²) in [6.45, 7) is 0.552. The molecule has 0 aliphatic rings. The Morgan fingerprint density at radius 1 is 1.31 bits per heavy atom. The molecule has 1 aromatic heterocycles. The van der Waals surface area contributed by atoms with Gasteiger partial charge in [-0.25, -0.2) is 4.98 Å². The topological polar surface area (TPSA) is 78.0 Å². The van der Waals surface area contributed by atoms with Gasteiger partial charge in [-0.15, -0.1) is 0 Å². The molecule has 3 N–H and O–H groups in total. The largest absolute Gasteiger partial charge is 0.508 e. The molecule has 16 heavy (non-hydrogen) atoms. The van der Waals surface area contributed by atoms with Crippen LogP contribution in [-0.4, -0.2) is 15.1 Å². The number of nitrogens with one attached hydrogen (secondary N) is 2. The van der Waals surface area contributed by atoms with Crippen LogP contribution in [0.2, 0.25) is 0 Å². The van der Waals surface area contributed by atoms with Gasteiger partial charge < -0.3 is 15.4 Å². The first kappa shape index (κ1) is 10.2. The number of H-pyrrole nitrogens is 1. The van der Waals surface area contributed by atoms with Crippen molar-refractivity contribution in [2.75, 3.05) is 5.32 Å². The highest BCUT2D eigenvalue weighted by atomic mass is 16.3. The minimum Gasteiger partial charge on any atom is -0.508 e. The molecule has 0 radical (unpaired) electrons. The van der Waals surface area contributed by atoms with E-state index >= 15 is 0 Å². The third-order valence-corrected chi connectivity index (χ3v) is 2.09. The molecule has 0 atom stereocenters. The Balaban J connectivity index is 2.02. The molecule has 0 saturated carbocycles. The van der Waals surface area contributed by atoms with E-state index in [1.807, 2.05) is 0 Å².